The lowest BCUT2D eigenvalue weighted by Crippen LogP contribution is -2.31. The molecular formula is C10H14O4. The van der Waals surface area contributed by atoms with Crippen LogP contribution in [0.1, 0.15) is 14.2 Å². The van der Waals surface area contributed by atoms with Crippen molar-refractivity contribution in [2.45, 2.75) is 12.8 Å². The maximum atomic E-state index is 11.4. The SMILES string of the molecule is [2H]C1=C[C@@H](C(C(=O)OC)C(=O)OC)CC1. The number of carbonyl (C=O) groups excluding carboxylic acids is 2. The Morgan fingerprint density at radius 1 is 1.43 bits per heavy atom. The number of carbonyl (C=O) groups is 2. The maximum absolute atomic E-state index is 11.4. The van der Waals surface area contributed by atoms with Crippen molar-refractivity contribution >= 4 is 11.9 Å². The summed E-state index contributed by atoms with van der Waals surface area (Å²) in [5.41, 5.74) is 0. The van der Waals surface area contributed by atoms with Crippen molar-refractivity contribution in [3.63, 3.8) is 0 Å². The molecule has 0 amide bonds. The number of rotatable bonds is 3. The van der Waals surface area contributed by atoms with Crippen LogP contribution in [-0.4, -0.2) is 26.2 Å². The van der Waals surface area contributed by atoms with Crippen LogP contribution in [0.2, 0.25) is 0 Å². The van der Waals surface area contributed by atoms with E-state index < -0.39 is 17.9 Å². The minimum Gasteiger partial charge on any atom is -0.468 e. The molecule has 1 rings (SSSR count). The summed E-state index contributed by atoms with van der Waals surface area (Å²) >= 11 is 0. The lowest BCUT2D eigenvalue weighted by molar-refractivity contribution is -0.160. The molecule has 0 aromatic carbocycles. The molecular weight excluding hydrogens is 184 g/mol. The van der Waals surface area contributed by atoms with E-state index in [9.17, 15) is 9.59 Å². The summed E-state index contributed by atoms with van der Waals surface area (Å²) in [5, 5.41) is 0. The van der Waals surface area contributed by atoms with Gasteiger partial charge in [-0.2, -0.15) is 0 Å². The molecule has 0 aliphatic heterocycles. The third kappa shape index (κ3) is 2.13. The minimum atomic E-state index is -0.928. The van der Waals surface area contributed by atoms with Gasteiger partial charge in [-0.1, -0.05) is 12.1 Å². The first-order valence-corrected chi connectivity index (χ1v) is 4.43. The van der Waals surface area contributed by atoms with Crippen LogP contribution < -0.4 is 0 Å². The fourth-order valence-electron chi connectivity index (χ4n) is 1.53. The summed E-state index contributed by atoms with van der Waals surface area (Å²) in [4.78, 5) is 22.8. The third-order valence-electron chi connectivity index (χ3n) is 2.29. The first kappa shape index (κ1) is 9.24. The van der Waals surface area contributed by atoms with E-state index in [0.29, 0.717) is 18.9 Å². The molecule has 0 N–H and O–H groups in total. The van der Waals surface area contributed by atoms with E-state index in [2.05, 4.69) is 9.47 Å². The van der Waals surface area contributed by atoms with Crippen LogP contribution in [-0.2, 0) is 19.1 Å². The van der Waals surface area contributed by atoms with E-state index in [-0.39, 0.29) is 5.92 Å². The van der Waals surface area contributed by atoms with E-state index in [1.54, 1.807) is 6.08 Å². The van der Waals surface area contributed by atoms with Crippen molar-refractivity contribution in [2.24, 2.45) is 11.8 Å². The minimum absolute atomic E-state index is 0.266. The van der Waals surface area contributed by atoms with Gasteiger partial charge < -0.3 is 9.47 Å². The Kier molecular flexibility index (Phi) is 3.16. The monoisotopic (exact) mass is 199 g/mol. The second kappa shape index (κ2) is 4.79. The number of allylic oxidation sites excluding steroid dienone is 2. The van der Waals surface area contributed by atoms with Crippen molar-refractivity contribution in [1.82, 2.24) is 0 Å². The standard InChI is InChI=1S/C10H14O4/c1-13-9(11)8(10(12)14-2)7-5-3-4-6-7/h3,5,7-8H,4,6H2,1-2H3/t7-/m1/s1/i3D. The molecule has 4 nitrogen and oxygen atoms in total. The van der Waals surface area contributed by atoms with Crippen LogP contribution in [0.15, 0.2) is 12.1 Å². The molecule has 0 saturated carbocycles. The molecule has 1 aliphatic carbocycles. The molecule has 0 bridgehead atoms. The molecule has 0 saturated heterocycles. The number of methoxy groups -OCH3 is 2. The molecule has 1 aliphatic rings. The van der Waals surface area contributed by atoms with E-state index >= 15 is 0 Å². The number of hydrogen-bond acceptors (Lipinski definition) is 4. The lowest BCUT2D eigenvalue weighted by Gasteiger charge is -2.17. The second-order valence-electron chi connectivity index (χ2n) is 3.10. The smallest absolute Gasteiger partial charge is 0.320 e. The van der Waals surface area contributed by atoms with Gasteiger partial charge in [-0.15, -0.1) is 0 Å². The zero-order valence-corrected chi connectivity index (χ0v) is 8.28. The molecule has 0 aromatic rings. The van der Waals surface area contributed by atoms with Gasteiger partial charge >= 0.3 is 11.9 Å². The second-order valence-corrected chi connectivity index (χ2v) is 3.10. The Labute approximate surface area is 84.3 Å². The van der Waals surface area contributed by atoms with Gasteiger partial charge in [0.1, 0.15) is 0 Å². The summed E-state index contributed by atoms with van der Waals surface area (Å²) in [6.07, 6.45) is 2.83. The quantitative estimate of drug-likeness (QED) is 0.385. The number of hydrogen-bond donors (Lipinski definition) is 0. The fraction of sp³-hybridized carbons (Fsp3) is 0.600. The number of ether oxygens (including phenoxy) is 2. The summed E-state index contributed by atoms with van der Waals surface area (Å²) in [5.74, 6) is -2.39. The van der Waals surface area contributed by atoms with Crippen molar-refractivity contribution in [1.29, 1.82) is 0 Å². The third-order valence-corrected chi connectivity index (χ3v) is 2.29. The van der Waals surface area contributed by atoms with Crippen LogP contribution in [0.25, 0.3) is 0 Å². The lowest BCUT2D eigenvalue weighted by atomic mass is 9.92. The van der Waals surface area contributed by atoms with Crippen molar-refractivity contribution in [2.75, 3.05) is 14.2 Å². The Hall–Kier alpha value is -1.32. The van der Waals surface area contributed by atoms with Crippen LogP contribution in [0.5, 0.6) is 0 Å². The molecule has 0 spiro atoms. The highest BCUT2D eigenvalue weighted by atomic mass is 16.5. The molecule has 0 radical (unpaired) electrons. The van der Waals surface area contributed by atoms with Crippen molar-refractivity contribution < 1.29 is 20.4 Å². The van der Waals surface area contributed by atoms with E-state index in [1.165, 1.54) is 14.2 Å². The van der Waals surface area contributed by atoms with Crippen molar-refractivity contribution in [3.05, 3.63) is 12.1 Å². The Morgan fingerprint density at radius 2 is 2.00 bits per heavy atom. The van der Waals surface area contributed by atoms with Gasteiger partial charge in [0, 0.05) is 5.92 Å². The van der Waals surface area contributed by atoms with Gasteiger partial charge in [0.25, 0.3) is 0 Å². The summed E-state index contributed by atoms with van der Waals surface area (Å²) in [7, 11) is 2.47. The van der Waals surface area contributed by atoms with Gasteiger partial charge in [-0.3, -0.25) is 9.59 Å². The Bertz CT molecular complexity index is 282. The van der Waals surface area contributed by atoms with Gasteiger partial charge in [0.2, 0.25) is 0 Å². The van der Waals surface area contributed by atoms with E-state index in [1.807, 2.05) is 0 Å². The first-order chi connectivity index (χ1) is 7.10. The summed E-state index contributed by atoms with van der Waals surface area (Å²) in [6, 6.07) is 0.456. The van der Waals surface area contributed by atoms with Crippen LogP contribution in [0.4, 0.5) is 0 Å². The zero-order chi connectivity index (χ0) is 11.4. The molecule has 14 heavy (non-hydrogen) atoms. The van der Waals surface area contributed by atoms with Crippen LogP contribution in [0, 0.1) is 11.8 Å². The molecule has 4 heteroatoms. The molecule has 0 fully saturated rings. The Balaban J connectivity index is 2.81. The zero-order valence-electron chi connectivity index (χ0n) is 9.28. The molecule has 78 valence electrons. The highest BCUT2D eigenvalue weighted by Crippen LogP contribution is 2.27. The van der Waals surface area contributed by atoms with Gasteiger partial charge in [0.05, 0.1) is 15.6 Å². The van der Waals surface area contributed by atoms with Gasteiger partial charge in [-0.25, -0.2) is 0 Å². The number of esters is 2. The average molecular weight is 199 g/mol. The predicted molar refractivity (Wildman–Crippen MR) is 49.4 cm³/mol. The molecule has 0 heterocycles. The topological polar surface area (TPSA) is 52.6 Å². The van der Waals surface area contributed by atoms with E-state index in [4.69, 9.17) is 1.37 Å². The highest BCUT2D eigenvalue weighted by Gasteiger charge is 2.36. The Morgan fingerprint density at radius 3 is 2.36 bits per heavy atom. The normalized spacial score (nSPS) is 21.5. The molecule has 1 atom stereocenters. The summed E-state index contributed by atoms with van der Waals surface area (Å²) in [6.45, 7) is 0. The molecule has 0 unspecified atom stereocenters. The van der Waals surface area contributed by atoms with Crippen LogP contribution >= 0.6 is 0 Å². The summed E-state index contributed by atoms with van der Waals surface area (Å²) < 4.78 is 16.5. The average Bonchev–Trinajstić information content (AvgIpc) is 2.64. The van der Waals surface area contributed by atoms with Crippen LogP contribution in [0.3, 0.4) is 0 Å². The maximum Gasteiger partial charge on any atom is 0.320 e. The van der Waals surface area contributed by atoms with Crippen molar-refractivity contribution in [3.8, 4) is 0 Å². The van der Waals surface area contributed by atoms with Gasteiger partial charge in [0.15, 0.2) is 5.92 Å². The fourth-order valence-corrected chi connectivity index (χ4v) is 1.53. The first-order valence-electron chi connectivity index (χ1n) is 4.93. The van der Waals surface area contributed by atoms with E-state index in [0.717, 1.165) is 0 Å². The molecule has 0 aromatic heterocycles. The predicted octanol–water partition coefficient (Wildman–Crippen LogP) is 0.915. The van der Waals surface area contributed by atoms with Gasteiger partial charge in [-0.05, 0) is 12.8 Å². The highest BCUT2D eigenvalue weighted by molar-refractivity contribution is 5.95. The largest absolute Gasteiger partial charge is 0.468 e.